The van der Waals surface area contributed by atoms with Gasteiger partial charge in [0, 0.05) is 43.0 Å². The number of aromatic nitrogens is 1. The second-order valence-corrected chi connectivity index (χ2v) is 5.74. The van der Waals surface area contributed by atoms with Gasteiger partial charge in [-0.25, -0.2) is 0 Å². The number of pyridine rings is 1. The summed E-state index contributed by atoms with van der Waals surface area (Å²) in [5.74, 6) is 0.570. The standard InChI is InChI=1S/C19H18N2O4/c22-12-9-17(18-2-1-13-25-18)19(15-7-10-20-11-8-15)14-3-5-16(6-4-14)21(23)24/h1-8,10-11,13,17,19,22H,9,12H2/t17-,19-/m0/s1. The lowest BCUT2D eigenvalue weighted by atomic mass is 9.78. The number of furan rings is 1. The summed E-state index contributed by atoms with van der Waals surface area (Å²) in [7, 11) is 0. The lowest BCUT2D eigenvalue weighted by molar-refractivity contribution is -0.384. The predicted octanol–water partition coefficient (Wildman–Crippen LogP) is 3.88. The van der Waals surface area contributed by atoms with Crippen LogP contribution in [-0.2, 0) is 0 Å². The fraction of sp³-hybridized carbons (Fsp3) is 0.211. The average molecular weight is 338 g/mol. The Kier molecular flexibility index (Phi) is 5.20. The molecule has 0 aliphatic heterocycles. The predicted molar refractivity (Wildman–Crippen MR) is 92.3 cm³/mol. The van der Waals surface area contributed by atoms with E-state index in [1.54, 1.807) is 30.8 Å². The zero-order valence-corrected chi connectivity index (χ0v) is 13.5. The van der Waals surface area contributed by atoms with E-state index in [2.05, 4.69) is 4.98 Å². The summed E-state index contributed by atoms with van der Waals surface area (Å²) in [5.41, 5.74) is 1.99. The molecule has 0 aliphatic rings. The molecule has 3 rings (SSSR count). The summed E-state index contributed by atoms with van der Waals surface area (Å²) < 4.78 is 5.60. The first kappa shape index (κ1) is 16.9. The Hall–Kier alpha value is -2.99. The first-order valence-electron chi connectivity index (χ1n) is 7.99. The minimum absolute atomic E-state index is 0.0138. The Bertz CT molecular complexity index is 801. The van der Waals surface area contributed by atoms with Gasteiger partial charge in [0.2, 0.25) is 0 Å². The van der Waals surface area contributed by atoms with Gasteiger partial charge in [-0.3, -0.25) is 15.1 Å². The molecular weight excluding hydrogens is 320 g/mol. The highest BCUT2D eigenvalue weighted by molar-refractivity contribution is 5.40. The summed E-state index contributed by atoms with van der Waals surface area (Å²) in [4.78, 5) is 14.6. The van der Waals surface area contributed by atoms with Crippen molar-refractivity contribution in [2.45, 2.75) is 18.3 Å². The van der Waals surface area contributed by atoms with Gasteiger partial charge in [-0.2, -0.15) is 0 Å². The lowest BCUT2D eigenvalue weighted by Crippen LogP contribution is -2.14. The number of hydrogen-bond acceptors (Lipinski definition) is 5. The van der Waals surface area contributed by atoms with E-state index in [0.29, 0.717) is 6.42 Å². The monoisotopic (exact) mass is 338 g/mol. The van der Waals surface area contributed by atoms with E-state index in [4.69, 9.17) is 4.42 Å². The Labute approximate surface area is 144 Å². The molecule has 0 aliphatic carbocycles. The molecule has 2 heterocycles. The third kappa shape index (κ3) is 3.75. The molecule has 2 aromatic heterocycles. The molecule has 0 bridgehead atoms. The van der Waals surface area contributed by atoms with Crippen molar-refractivity contribution in [1.29, 1.82) is 0 Å². The molecule has 1 N–H and O–H groups in total. The van der Waals surface area contributed by atoms with Gasteiger partial charge in [0.05, 0.1) is 11.2 Å². The van der Waals surface area contributed by atoms with Crippen LogP contribution in [0.1, 0.15) is 35.1 Å². The van der Waals surface area contributed by atoms with E-state index in [9.17, 15) is 15.2 Å². The fourth-order valence-corrected chi connectivity index (χ4v) is 3.15. The Morgan fingerprint density at radius 2 is 1.76 bits per heavy atom. The molecule has 3 aromatic rings. The molecule has 0 unspecified atom stereocenters. The number of nitro benzene ring substituents is 1. The van der Waals surface area contributed by atoms with Gasteiger partial charge in [0.15, 0.2) is 0 Å². The van der Waals surface area contributed by atoms with Crippen molar-refractivity contribution in [1.82, 2.24) is 4.98 Å². The van der Waals surface area contributed by atoms with Gasteiger partial charge in [0.25, 0.3) is 5.69 Å². The number of rotatable bonds is 7. The van der Waals surface area contributed by atoms with Crippen LogP contribution in [0.2, 0.25) is 0 Å². The minimum atomic E-state index is -0.414. The van der Waals surface area contributed by atoms with E-state index in [-0.39, 0.29) is 24.1 Å². The topological polar surface area (TPSA) is 89.4 Å². The van der Waals surface area contributed by atoms with Crippen molar-refractivity contribution in [3.8, 4) is 0 Å². The molecule has 6 nitrogen and oxygen atoms in total. The number of nitrogens with zero attached hydrogens (tertiary/aromatic N) is 2. The molecule has 0 amide bonds. The largest absolute Gasteiger partial charge is 0.469 e. The zero-order valence-electron chi connectivity index (χ0n) is 13.5. The van der Waals surface area contributed by atoms with Crippen LogP contribution in [-0.4, -0.2) is 21.6 Å². The summed E-state index contributed by atoms with van der Waals surface area (Å²) >= 11 is 0. The van der Waals surface area contributed by atoms with Gasteiger partial charge in [-0.1, -0.05) is 12.1 Å². The second-order valence-electron chi connectivity index (χ2n) is 5.74. The Balaban J connectivity index is 2.07. The molecule has 128 valence electrons. The van der Waals surface area contributed by atoms with Crippen LogP contribution in [0.5, 0.6) is 0 Å². The van der Waals surface area contributed by atoms with Crippen LogP contribution in [0, 0.1) is 10.1 Å². The normalized spacial score (nSPS) is 13.3. The maximum Gasteiger partial charge on any atom is 0.269 e. The van der Waals surface area contributed by atoms with E-state index < -0.39 is 4.92 Å². The summed E-state index contributed by atoms with van der Waals surface area (Å²) in [6.45, 7) is 0.0138. The highest BCUT2D eigenvalue weighted by Gasteiger charge is 2.28. The zero-order chi connectivity index (χ0) is 17.6. The smallest absolute Gasteiger partial charge is 0.269 e. The number of aliphatic hydroxyl groups excluding tert-OH is 1. The molecular formula is C19H18N2O4. The number of hydrogen-bond donors (Lipinski definition) is 1. The number of aliphatic hydroxyl groups is 1. The molecule has 25 heavy (non-hydrogen) atoms. The van der Waals surface area contributed by atoms with E-state index >= 15 is 0 Å². The molecule has 0 fully saturated rings. The van der Waals surface area contributed by atoms with Gasteiger partial charge >= 0.3 is 0 Å². The van der Waals surface area contributed by atoms with E-state index in [0.717, 1.165) is 16.9 Å². The SMILES string of the molecule is O=[N+]([O-])c1ccc([C@@H](c2ccncc2)[C@@H](CCO)c2ccco2)cc1. The fourth-order valence-electron chi connectivity index (χ4n) is 3.15. The highest BCUT2D eigenvalue weighted by Crippen LogP contribution is 2.40. The summed E-state index contributed by atoms with van der Waals surface area (Å²) in [6.07, 6.45) is 5.55. The molecule has 6 heteroatoms. The van der Waals surface area contributed by atoms with Gasteiger partial charge < -0.3 is 9.52 Å². The van der Waals surface area contributed by atoms with Crippen molar-refractivity contribution < 1.29 is 14.4 Å². The van der Waals surface area contributed by atoms with Crippen LogP contribution < -0.4 is 0 Å². The average Bonchev–Trinajstić information content (AvgIpc) is 3.17. The van der Waals surface area contributed by atoms with Crippen LogP contribution >= 0.6 is 0 Å². The van der Waals surface area contributed by atoms with Crippen molar-refractivity contribution >= 4 is 5.69 Å². The first-order valence-corrected chi connectivity index (χ1v) is 7.99. The molecule has 2 atom stereocenters. The van der Waals surface area contributed by atoms with Crippen LogP contribution in [0.15, 0.2) is 71.6 Å². The Morgan fingerprint density at radius 1 is 1.08 bits per heavy atom. The van der Waals surface area contributed by atoms with Gasteiger partial charge in [-0.05, 0) is 41.8 Å². The second kappa shape index (κ2) is 7.72. The molecule has 0 saturated carbocycles. The van der Waals surface area contributed by atoms with Crippen LogP contribution in [0.4, 0.5) is 5.69 Å². The molecule has 0 radical (unpaired) electrons. The third-order valence-corrected chi connectivity index (χ3v) is 4.28. The lowest BCUT2D eigenvalue weighted by Gasteiger charge is -2.26. The van der Waals surface area contributed by atoms with E-state index in [1.165, 1.54) is 12.1 Å². The van der Waals surface area contributed by atoms with Crippen molar-refractivity contribution in [3.63, 3.8) is 0 Å². The number of nitro groups is 1. The number of benzene rings is 1. The summed E-state index contributed by atoms with van der Waals surface area (Å²) in [5, 5.41) is 20.5. The maximum atomic E-state index is 10.9. The summed E-state index contributed by atoms with van der Waals surface area (Å²) in [6, 6.07) is 14.1. The van der Waals surface area contributed by atoms with Crippen molar-refractivity contribution in [2.24, 2.45) is 0 Å². The molecule has 1 aromatic carbocycles. The molecule has 0 saturated heterocycles. The van der Waals surface area contributed by atoms with Crippen LogP contribution in [0.3, 0.4) is 0 Å². The Morgan fingerprint density at radius 3 is 2.32 bits per heavy atom. The van der Waals surface area contributed by atoms with Gasteiger partial charge in [-0.15, -0.1) is 0 Å². The third-order valence-electron chi connectivity index (χ3n) is 4.28. The quantitative estimate of drug-likeness (QED) is 0.521. The molecule has 0 spiro atoms. The minimum Gasteiger partial charge on any atom is -0.469 e. The maximum absolute atomic E-state index is 10.9. The van der Waals surface area contributed by atoms with E-state index in [1.807, 2.05) is 24.3 Å². The van der Waals surface area contributed by atoms with Crippen molar-refractivity contribution in [3.05, 3.63) is 94.2 Å². The highest BCUT2D eigenvalue weighted by atomic mass is 16.6. The number of non-ortho nitro benzene ring substituents is 1. The van der Waals surface area contributed by atoms with Crippen molar-refractivity contribution in [2.75, 3.05) is 6.61 Å². The first-order chi connectivity index (χ1) is 12.2. The van der Waals surface area contributed by atoms with Gasteiger partial charge in [0.1, 0.15) is 5.76 Å². The van der Waals surface area contributed by atoms with Crippen LogP contribution in [0.25, 0.3) is 0 Å².